The molecule has 0 aliphatic heterocycles. The maximum atomic E-state index is 5.92. The van der Waals surface area contributed by atoms with Gasteiger partial charge in [0.25, 0.3) is 0 Å². The normalized spacial score (nSPS) is 12.6. The van der Waals surface area contributed by atoms with Crippen LogP contribution in [0.3, 0.4) is 0 Å². The summed E-state index contributed by atoms with van der Waals surface area (Å²) in [6, 6.07) is 3.55. The second-order valence-corrected chi connectivity index (χ2v) is 4.56. The van der Waals surface area contributed by atoms with Crippen LogP contribution in [0.1, 0.15) is 25.7 Å². The minimum atomic E-state index is 0.0569. The van der Waals surface area contributed by atoms with E-state index in [1.807, 2.05) is 0 Å². The SMILES string of the molecule is CCCC(N)Cc1nc(-c2ccc(Cl)cn2)no1. The van der Waals surface area contributed by atoms with Crippen molar-refractivity contribution >= 4 is 11.6 Å². The molecule has 0 bridgehead atoms. The van der Waals surface area contributed by atoms with Gasteiger partial charge in [-0.2, -0.15) is 4.98 Å². The van der Waals surface area contributed by atoms with Crippen LogP contribution < -0.4 is 5.73 Å². The van der Waals surface area contributed by atoms with E-state index in [4.69, 9.17) is 21.9 Å². The van der Waals surface area contributed by atoms with Crippen molar-refractivity contribution in [2.45, 2.75) is 32.2 Å². The lowest BCUT2D eigenvalue weighted by Crippen LogP contribution is -2.22. The average Bonchev–Trinajstić information content (AvgIpc) is 2.78. The van der Waals surface area contributed by atoms with Crippen molar-refractivity contribution in [1.82, 2.24) is 15.1 Å². The fourth-order valence-electron chi connectivity index (χ4n) is 1.65. The number of pyridine rings is 1. The van der Waals surface area contributed by atoms with Gasteiger partial charge in [0, 0.05) is 18.7 Å². The molecule has 0 radical (unpaired) electrons. The zero-order valence-corrected chi connectivity index (χ0v) is 10.9. The summed E-state index contributed by atoms with van der Waals surface area (Å²) < 4.78 is 5.15. The number of hydrogen-bond donors (Lipinski definition) is 1. The van der Waals surface area contributed by atoms with Gasteiger partial charge in [-0.25, -0.2) is 0 Å². The molecule has 5 nitrogen and oxygen atoms in total. The smallest absolute Gasteiger partial charge is 0.228 e. The van der Waals surface area contributed by atoms with Crippen LogP contribution >= 0.6 is 11.6 Å². The van der Waals surface area contributed by atoms with Gasteiger partial charge in [-0.1, -0.05) is 30.1 Å². The van der Waals surface area contributed by atoms with Crippen LogP contribution in [0.25, 0.3) is 11.5 Å². The number of hydrogen-bond acceptors (Lipinski definition) is 5. The Hall–Kier alpha value is -1.46. The molecule has 2 aromatic rings. The molecule has 96 valence electrons. The van der Waals surface area contributed by atoms with Gasteiger partial charge in [-0.15, -0.1) is 0 Å². The molecule has 18 heavy (non-hydrogen) atoms. The molecule has 0 aliphatic rings. The summed E-state index contributed by atoms with van der Waals surface area (Å²) >= 11 is 5.76. The van der Waals surface area contributed by atoms with E-state index in [1.165, 1.54) is 0 Å². The molecular weight excluding hydrogens is 252 g/mol. The van der Waals surface area contributed by atoms with E-state index < -0.39 is 0 Å². The summed E-state index contributed by atoms with van der Waals surface area (Å²) in [6.07, 6.45) is 4.13. The summed E-state index contributed by atoms with van der Waals surface area (Å²) in [5.74, 6) is 1.01. The predicted molar refractivity (Wildman–Crippen MR) is 69.1 cm³/mol. The Morgan fingerprint density at radius 3 is 2.94 bits per heavy atom. The summed E-state index contributed by atoms with van der Waals surface area (Å²) in [5.41, 5.74) is 6.56. The van der Waals surface area contributed by atoms with E-state index in [1.54, 1.807) is 18.3 Å². The van der Waals surface area contributed by atoms with E-state index in [0.29, 0.717) is 28.9 Å². The van der Waals surface area contributed by atoms with E-state index in [2.05, 4.69) is 22.0 Å². The predicted octanol–water partition coefficient (Wildman–Crippen LogP) is 2.45. The molecule has 2 N–H and O–H groups in total. The van der Waals surface area contributed by atoms with Gasteiger partial charge in [0.05, 0.1) is 5.02 Å². The van der Waals surface area contributed by atoms with Gasteiger partial charge in [-0.3, -0.25) is 4.98 Å². The maximum absolute atomic E-state index is 5.92. The van der Waals surface area contributed by atoms with Crippen LogP contribution in [0.15, 0.2) is 22.9 Å². The highest BCUT2D eigenvalue weighted by Crippen LogP contribution is 2.16. The standard InChI is InChI=1S/C12H15ClN4O/c1-2-3-9(14)6-11-16-12(17-18-11)10-5-4-8(13)7-15-10/h4-5,7,9H,2-3,6,14H2,1H3. The average molecular weight is 267 g/mol. The number of rotatable bonds is 5. The molecule has 1 atom stereocenters. The number of aromatic nitrogens is 3. The molecule has 0 saturated heterocycles. The zero-order valence-electron chi connectivity index (χ0n) is 10.1. The molecule has 2 heterocycles. The minimum absolute atomic E-state index is 0.0569. The molecular formula is C12H15ClN4O. The zero-order chi connectivity index (χ0) is 13.0. The first-order valence-corrected chi connectivity index (χ1v) is 6.27. The highest BCUT2D eigenvalue weighted by atomic mass is 35.5. The minimum Gasteiger partial charge on any atom is -0.339 e. The Balaban J connectivity index is 2.08. The first-order chi connectivity index (χ1) is 8.69. The van der Waals surface area contributed by atoms with Gasteiger partial charge in [0.1, 0.15) is 5.69 Å². The molecule has 0 spiro atoms. The third-order valence-electron chi connectivity index (χ3n) is 2.52. The lowest BCUT2D eigenvalue weighted by atomic mass is 10.1. The molecule has 0 aliphatic carbocycles. The first-order valence-electron chi connectivity index (χ1n) is 5.89. The van der Waals surface area contributed by atoms with E-state index >= 15 is 0 Å². The lowest BCUT2D eigenvalue weighted by molar-refractivity contribution is 0.366. The highest BCUT2D eigenvalue weighted by Gasteiger charge is 2.12. The third kappa shape index (κ3) is 3.27. The quantitative estimate of drug-likeness (QED) is 0.899. The number of nitrogens with two attached hydrogens (primary N) is 1. The second-order valence-electron chi connectivity index (χ2n) is 4.13. The Bertz CT molecular complexity index is 497. The summed E-state index contributed by atoms with van der Waals surface area (Å²) in [4.78, 5) is 8.40. The molecule has 6 heteroatoms. The molecule has 0 fully saturated rings. The van der Waals surface area contributed by atoms with Crippen molar-refractivity contribution < 1.29 is 4.52 Å². The van der Waals surface area contributed by atoms with Crippen LogP contribution in [0.4, 0.5) is 0 Å². The van der Waals surface area contributed by atoms with Crippen molar-refractivity contribution in [3.05, 3.63) is 29.2 Å². The molecule has 0 amide bonds. The third-order valence-corrected chi connectivity index (χ3v) is 2.74. The summed E-state index contributed by atoms with van der Waals surface area (Å²) in [7, 11) is 0. The first kappa shape index (κ1) is 13.0. The lowest BCUT2D eigenvalue weighted by Gasteiger charge is -2.05. The van der Waals surface area contributed by atoms with E-state index in [-0.39, 0.29) is 6.04 Å². The van der Waals surface area contributed by atoms with Crippen LogP contribution in [-0.2, 0) is 6.42 Å². The van der Waals surface area contributed by atoms with Gasteiger partial charge >= 0.3 is 0 Å². The highest BCUT2D eigenvalue weighted by molar-refractivity contribution is 6.30. The number of halogens is 1. The van der Waals surface area contributed by atoms with Gasteiger partial charge in [-0.05, 0) is 18.6 Å². The van der Waals surface area contributed by atoms with Gasteiger partial charge in [0.2, 0.25) is 11.7 Å². The van der Waals surface area contributed by atoms with E-state index in [9.17, 15) is 0 Å². The van der Waals surface area contributed by atoms with Crippen molar-refractivity contribution in [1.29, 1.82) is 0 Å². The Morgan fingerprint density at radius 2 is 2.28 bits per heavy atom. The largest absolute Gasteiger partial charge is 0.339 e. The van der Waals surface area contributed by atoms with Crippen molar-refractivity contribution in [3.8, 4) is 11.5 Å². The maximum Gasteiger partial charge on any atom is 0.228 e. The molecule has 0 aromatic carbocycles. The van der Waals surface area contributed by atoms with Crippen LogP contribution in [-0.4, -0.2) is 21.2 Å². The van der Waals surface area contributed by atoms with Crippen LogP contribution in [0.2, 0.25) is 5.02 Å². The van der Waals surface area contributed by atoms with Gasteiger partial charge in [0.15, 0.2) is 0 Å². The van der Waals surface area contributed by atoms with Gasteiger partial charge < -0.3 is 10.3 Å². The fraction of sp³-hybridized carbons (Fsp3) is 0.417. The Morgan fingerprint density at radius 1 is 1.44 bits per heavy atom. The van der Waals surface area contributed by atoms with Crippen LogP contribution in [0.5, 0.6) is 0 Å². The van der Waals surface area contributed by atoms with E-state index in [0.717, 1.165) is 12.8 Å². The molecule has 1 unspecified atom stereocenters. The Labute approximate surface area is 110 Å². The number of nitrogens with zero attached hydrogens (tertiary/aromatic N) is 3. The fourth-order valence-corrected chi connectivity index (χ4v) is 1.76. The van der Waals surface area contributed by atoms with Crippen LogP contribution in [0, 0.1) is 0 Å². The van der Waals surface area contributed by atoms with Crippen molar-refractivity contribution in [2.75, 3.05) is 0 Å². The monoisotopic (exact) mass is 266 g/mol. The van der Waals surface area contributed by atoms with Crippen molar-refractivity contribution in [2.24, 2.45) is 5.73 Å². The molecule has 2 aromatic heterocycles. The van der Waals surface area contributed by atoms with Crippen molar-refractivity contribution in [3.63, 3.8) is 0 Å². The molecule has 0 saturated carbocycles. The molecule has 2 rings (SSSR count). The summed E-state index contributed by atoms with van der Waals surface area (Å²) in [5, 5.41) is 4.46. The topological polar surface area (TPSA) is 77.8 Å². The summed E-state index contributed by atoms with van der Waals surface area (Å²) in [6.45, 7) is 2.09. The Kier molecular flexibility index (Phi) is 4.28. The second kappa shape index (κ2) is 5.93.